The second kappa shape index (κ2) is 8.32. The SMILES string of the molecule is Cc1ccc(-c2noc3ncn(CCC(=O)NCc4ccccc4C)c(=O)c23)cc1. The fourth-order valence-electron chi connectivity index (χ4n) is 3.26. The van der Waals surface area contributed by atoms with Crippen LogP contribution in [0.15, 0.2) is 64.2 Å². The molecule has 2 heterocycles. The maximum atomic E-state index is 13.0. The lowest BCUT2D eigenvalue weighted by atomic mass is 10.1. The van der Waals surface area contributed by atoms with Crippen molar-refractivity contribution < 1.29 is 9.32 Å². The van der Waals surface area contributed by atoms with Gasteiger partial charge in [-0.1, -0.05) is 59.3 Å². The molecule has 0 spiro atoms. The van der Waals surface area contributed by atoms with E-state index >= 15 is 0 Å². The predicted molar refractivity (Wildman–Crippen MR) is 114 cm³/mol. The van der Waals surface area contributed by atoms with Crippen LogP contribution in [0.4, 0.5) is 0 Å². The van der Waals surface area contributed by atoms with Crippen LogP contribution in [-0.4, -0.2) is 20.6 Å². The summed E-state index contributed by atoms with van der Waals surface area (Å²) in [7, 11) is 0. The van der Waals surface area contributed by atoms with Crippen LogP contribution < -0.4 is 10.9 Å². The van der Waals surface area contributed by atoms with E-state index in [0.717, 1.165) is 22.3 Å². The van der Waals surface area contributed by atoms with Crippen molar-refractivity contribution in [1.29, 1.82) is 0 Å². The number of aryl methyl sites for hydroxylation is 3. The summed E-state index contributed by atoms with van der Waals surface area (Å²) >= 11 is 0. The monoisotopic (exact) mass is 402 g/mol. The molecule has 0 aliphatic rings. The van der Waals surface area contributed by atoms with Gasteiger partial charge in [-0.2, -0.15) is 0 Å². The summed E-state index contributed by atoms with van der Waals surface area (Å²) in [6, 6.07) is 15.6. The summed E-state index contributed by atoms with van der Waals surface area (Å²) in [6.07, 6.45) is 1.56. The van der Waals surface area contributed by atoms with E-state index in [1.165, 1.54) is 10.9 Å². The molecule has 0 bridgehead atoms. The molecule has 7 nitrogen and oxygen atoms in total. The Morgan fingerprint density at radius 2 is 1.87 bits per heavy atom. The summed E-state index contributed by atoms with van der Waals surface area (Å²) in [5.41, 5.74) is 4.46. The molecule has 1 amide bonds. The van der Waals surface area contributed by atoms with Gasteiger partial charge in [-0.3, -0.25) is 14.2 Å². The van der Waals surface area contributed by atoms with Gasteiger partial charge in [0.05, 0.1) is 0 Å². The minimum absolute atomic E-state index is 0.130. The number of hydrogen-bond donors (Lipinski definition) is 1. The van der Waals surface area contributed by atoms with E-state index in [1.54, 1.807) is 0 Å². The number of carbonyl (C=O) groups is 1. The molecule has 0 radical (unpaired) electrons. The zero-order valence-electron chi connectivity index (χ0n) is 16.9. The molecular formula is C23H22N4O3. The molecule has 7 heteroatoms. The maximum Gasteiger partial charge on any atom is 0.266 e. The summed E-state index contributed by atoms with van der Waals surface area (Å²) in [6.45, 7) is 4.68. The Morgan fingerprint density at radius 3 is 2.63 bits per heavy atom. The van der Waals surface area contributed by atoms with E-state index in [4.69, 9.17) is 4.52 Å². The lowest BCUT2D eigenvalue weighted by Crippen LogP contribution is -2.27. The van der Waals surface area contributed by atoms with Crippen LogP contribution in [-0.2, 0) is 17.9 Å². The summed E-state index contributed by atoms with van der Waals surface area (Å²) in [4.78, 5) is 29.4. The Bertz CT molecular complexity index is 1260. The second-order valence-corrected chi connectivity index (χ2v) is 7.27. The molecule has 0 fully saturated rings. The second-order valence-electron chi connectivity index (χ2n) is 7.27. The number of fused-ring (bicyclic) bond motifs is 1. The van der Waals surface area contributed by atoms with Gasteiger partial charge in [-0.25, -0.2) is 4.98 Å². The van der Waals surface area contributed by atoms with Crippen LogP contribution in [0.3, 0.4) is 0 Å². The third kappa shape index (κ3) is 4.00. The first-order chi connectivity index (χ1) is 14.5. The third-order valence-corrected chi connectivity index (χ3v) is 5.11. The van der Waals surface area contributed by atoms with Gasteiger partial charge in [-0.05, 0) is 25.0 Å². The molecule has 1 N–H and O–H groups in total. The van der Waals surface area contributed by atoms with Crippen LogP contribution in [0, 0.1) is 13.8 Å². The molecule has 0 saturated carbocycles. The molecule has 2 aromatic carbocycles. The molecule has 152 valence electrons. The predicted octanol–water partition coefficient (Wildman–Crippen LogP) is 3.37. The number of hydrogen-bond acceptors (Lipinski definition) is 5. The van der Waals surface area contributed by atoms with Crippen molar-refractivity contribution in [3.8, 4) is 11.3 Å². The van der Waals surface area contributed by atoms with E-state index in [-0.39, 0.29) is 30.1 Å². The van der Waals surface area contributed by atoms with Gasteiger partial charge >= 0.3 is 0 Å². The molecule has 4 aromatic rings. The number of aromatic nitrogens is 3. The largest absolute Gasteiger partial charge is 0.352 e. The van der Waals surface area contributed by atoms with Crippen LogP contribution >= 0.6 is 0 Å². The number of benzene rings is 2. The Hall–Kier alpha value is -3.74. The Kier molecular flexibility index (Phi) is 5.43. The van der Waals surface area contributed by atoms with Gasteiger partial charge < -0.3 is 9.84 Å². The summed E-state index contributed by atoms with van der Waals surface area (Å²) in [5, 5.41) is 7.25. The molecule has 30 heavy (non-hydrogen) atoms. The fourth-order valence-corrected chi connectivity index (χ4v) is 3.26. The third-order valence-electron chi connectivity index (χ3n) is 5.11. The van der Waals surface area contributed by atoms with Gasteiger partial charge in [0.2, 0.25) is 5.91 Å². The Balaban J connectivity index is 1.49. The first-order valence-corrected chi connectivity index (χ1v) is 9.76. The van der Waals surface area contributed by atoms with Crippen molar-refractivity contribution in [1.82, 2.24) is 20.0 Å². The summed E-state index contributed by atoms with van der Waals surface area (Å²) in [5.74, 6) is -0.130. The molecule has 0 unspecified atom stereocenters. The minimum Gasteiger partial charge on any atom is -0.352 e. The smallest absolute Gasteiger partial charge is 0.266 e. The average molecular weight is 402 g/mol. The van der Waals surface area contributed by atoms with E-state index < -0.39 is 0 Å². The number of rotatable bonds is 6. The Morgan fingerprint density at radius 1 is 1.10 bits per heavy atom. The quantitative estimate of drug-likeness (QED) is 0.534. The normalized spacial score (nSPS) is 11.0. The van der Waals surface area contributed by atoms with E-state index in [2.05, 4.69) is 15.5 Å². The highest BCUT2D eigenvalue weighted by molar-refractivity contribution is 5.88. The van der Waals surface area contributed by atoms with Crippen LogP contribution in [0.5, 0.6) is 0 Å². The van der Waals surface area contributed by atoms with E-state index in [1.807, 2.05) is 62.4 Å². The van der Waals surface area contributed by atoms with Crippen molar-refractivity contribution in [2.24, 2.45) is 0 Å². The van der Waals surface area contributed by atoms with Crippen molar-refractivity contribution in [3.05, 3.63) is 81.9 Å². The zero-order chi connectivity index (χ0) is 21.1. The van der Waals surface area contributed by atoms with Crippen molar-refractivity contribution in [3.63, 3.8) is 0 Å². The van der Waals surface area contributed by atoms with Gasteiger partial charge in [0.25, 0.3) is 11.3 Å². The maximum absolute atomic E-state index is 13.0. The zero-order valence-corrected chi connectivity index (χ0v) is 16.9. The van der Waals surface area contributed by atoms with Crippen molar-refractivity contribution >= 4 is 17.0 Å². The van der Waals surface area contributed by atoms with Crippen LogP contribution in [0.25, 0.3) is 22.4 Å². The molecule has 0 aliphatic heterocycles. The van der Waals surface area contributed by atoms with E-state index in [0.29, 0.717) is 17.6 Å². The lowest BCUT2D eigenvalue weighted by Gasteiger charge is -2.09. The molecule has 2 aromatic heterocycles. The summed E-state index contributed by atoms with van der Waals surface area (Å²) < 4.78 is 6.66. The molecular weight excluding hydrogens is 380 g/mol. The topological polar surface area (TPSA) is 90.0 Å². The average Bonchev–Trinajstić information content (AvgIpc) is 3.18. The van der Waals surface area contributed by atoms with Gasteiger partial charge in [-0.15, -0.1) is 0 Å². The molecule has 4 rings (SSSR count). The van der Waals surface area contributed by atoms with Crippen LogP contribution in [0.2, 0.25) is 0 Å². The number of carbonyl (C=O) groups excluding carboxylic acids is 1. The minimum atomic E-state index is -0.275. The first-order valence-electron chi connectivity index (χ1n) is 9.76. The number of nitrogens with zero attached hydrogens (tertiary/aromatic N) is 3. The lowest BCUT2D eigenvalue weighted by molar-refractivity contribution is -0.121. The van der Waals surface area contributed by atoms with Crippen LogP contribution in [0.1, 0.15) is 23.1 Å². The Labute approximate surface area is 173 Å². The molecule has 0 saturated heterocycles. The molecule has 0 aliphatic carbocycles. The van der Waals surface area contributed by atoms with E-state index in [9.17, 15) is 9.59 Å². The van der Waals surface area contributed by atoms with Crippen molar-refractivity contribution in [2.75, 3.05) is 0 Å². The first kappa shape index (κ1) is 19.6. The van der Waals surface area contributed by atoms with Gasteiger partial charge in [0.1, 0.15) is 17.4 Å². The highest BCUT2D eigenvalue weighted by Gasteiger charge is 2.17. The van der Waals surface area contributed by atoms with Gasteiger partial charge in [0, 0.05) is 25.1 Å². The highest BCUT2D eigenvalue weighted by Crippen LogP contribution is 2.24. The number of amides is 1. The standard InChI is InChI=1S/C23H22N4O3/c1-15-7-9-17(10-8-15)21-20-22(30-26-21)25-14-27(23(20)29)12-11-19(28)24-13-18-6-4-3-5-16(18)2/h3-10,14H,11-13H2,1-2H3,(H,24,28). The van der Waals surface area contributed by atoms with Gasteiger partial charge in [0.15, 0.2) is 0 Å². The fraction of sp³-hybridized carbons (Fsp3) is 0.217. The highest BCUT2D eigenvalue weighted by atomic mass is 16.5. The number of nitrogens with one attached hydrogen (secondary N) is 1. The molecule has 0 atom stereocenters. The van der Waals surface area contributed by atoms with Crippen molar-refractivity contribution in [2.45, 2.75) is 33.4 Å².